The van der Waals surface area contributed by atoms with Gasteiger partial charge in [0.25, 0.3) is 0 Å². The molecule has 0 aliphatic carbocycles. The van der Waals surface area contributed by atoms with E-state index < -0.39 is 0 Å². The molecule has 2 aromatic rings. The number of rotatable bonds is 5. The van der Waals surface area contributed by atoms with Gasteiger partial charge >= 0.3 is 0 Å². The third kappa shape index (κ3) is 3.08. The Labute approximate surface area is 133 Å². The second-order valence-corrected chi connectivity index (χ2v) is 6.54. The molecule has 1 aliphatic rings. The highest BCUT2D eigenvalue weighted by atomic mass is 16.3. The van der Waals surface area contributed by atoms with Crippen molar-refractivity contribution in [2.45, 2.75) is 43.7 Å². The Morgan fingerprint density at radius 2 is 1.59 bits per heavy atom. The largest absolute Gasteiger partial charge is 0.391 e. The second kappa shape index (κ2) is 6.64. The van der Waals surface area contributed by atoms with Crippen molar-refractivity contribution >= 4 is 0 Å². The molecule has 2 nitrogen and oxygen atoms in total. The molecule has 0 bridgehead atoms. The highest BCUT2D eigenvalue weighted by molar-refractivity contribution is 5.38. The molecule has 2 atom stereocenters. The van der Waals surface area contributed by atoms with Crippen molar-refractivity contribution in [1.82, 2.24) is 5.32 Å². The predicted molar refractivity (Wildman–Crippen MR) is 91.0 cm³/mol. The van der Waals surface area contributed by atoms with Gasteiger partial charge in [-0.1, -0.05) is 67.6 Å². The summed E-state index contributed by atoms with van der Waals surface area (Å²) in [6, 6.07) is 21.3. The molecule has 0 aromatic heterocycles. The molecule has 1 heterocycles. The molecule has 3 rings (SSSR count). The lowest BCUT2D eigenvalue weighted by Gasteiger charge is -2.35. The number of aliphatic hydroxyl groups is 1. The van der Waals surface area contributed by atoms with Gasteiger partial charge in [-0.25, -0.2) is 0 Å². The third-order valence-electron chi connectivity index (χ3n) is 5.00. The summed E-state index contributed by atoms with van der Waals surface area (Å²) < 4.78 is 0. The van der Waals surface area contributed by atoms with E-state index in [4.69, 9.17) is 0 Å². The van der Waals surface area contributed by atoms with Crippen LogP contribution in [0.5, 0.6) is 0 Å². The standard InChI is InChI=1S/C20H25NO/c1-20(16-9-4-2-5-10-16,17-11-6-3-7-12-17)15-19(22)18-13-8-14-21-18/h2-7,9-12,18-19,21-22H,8,13-15H2,1H3. The smallest absolute Gasteiger partial charge is 0.0704 e. The molecule has 1 aliphatic heterocycles. The maximum atomic E-state index is 10.7. The van der Waals surface area contributed by atoms with Crippen LogP contribution in [0, 0.1) is 0 Å². The molecule has 0 spiro atoms. The summed E-state index contributed by atoms with van der Waals surface area (Å²) in [7, 11) is 0. The zero-order valence-electron chi connectivity index (χ0n) is 13.2. The molecule has 2 heteroatoms. The summed E-state index contributed by atoms with van der Waals surface area (Å²) in [5.74, 6) is 0. The van der Waals surface area contributed by atoms with E-state index in [1.165, 1.54) is 11.1 Å². The Morgan fingerprint density at radius 1 is 1.05 bits per heavy atom. The topological polar surface area (TPSA) is 32.3 Å². The first-order valence-corrected chi connectivity index (χ1v) is 8.23. The zero-order chi connectivity index (χ0) is 15.4. The normalized spacial score (nSPS) is 20.0. The number of nitrogens with one attached hydrogen (secondary N) is 1. The minimum absolute atomic E-state index is 0.174. The molecule has 2 unspecified atom stereocenters. The molecular weight excluding hydrogens is 270 g/mol. The molecule has 2 aromatic carbocycles. The molecule has 0 saturated carbocycles. The summed E-state index contributed by atoms with van der Waals surface area (Å²) in [6.07, 6.45) is 2.64. The van der Waals surface area contributed by atoms with Crippen molar-refractivity contribution < 1.29 is 5.11 Å². The molecule has 1 saturated heterocycles. The Balaban J connectivity index is 1.93. The van der Waals surface area contributed by atoms with Crippen molar-refractivity contribution in [3.8, 4) is 0 Å². The van der Waals surface area contributed by atoms with E-state index in [-0.39, 0.29) is 17.6 Å². The molecule has 0 amide bonds. The van der Waals surface area contributed by atoms with E-state index in [0.717, 1.165) is 25.8 Å². The SMILES string of the molecule is CC(CC(O)C1CCCN1)(c1ccccc1)c1ccccc1. The van der Waals surface area contributed by atoms with Crippen LogP contribution in [0.1, 0.15) is 37.3 Å². The van der Waals surface area contributed by atoms with E-state index in [0.29, 0.717) is 0 Å². The van der Waals surface area contributed by atoms with E-state index in [2.05, 4.69) is 60.8 Å². The summed E-state index contributed by atoms with van der Waals surface area (Å²) in [5.41, 5.74) is 2.35. The van der Waals surface area contributed by atoms with Crippen LogP contribution in [-0.4, -0.2) is 23.8 Å². The van der Waals surface area contributed by atoms with Crippen LogP contribution >= 0.6 is 0 Å². The Kier molecular flexibility index (Phi) is 4.60. The summed E-state index contributed by atoms with van der Waals surface area (Å²) in [4.78, 5) is 0. The molecule has 22 heavy (non-hydrogen) atoms. The van der Waals surface area contributed by atoms with Crippen molar-refractivity contribution in [1.29, 1.82) is 0 Å². The minimum atomic E-state index is -0.326. The van der Waals surface area contributed by atoms with Gasteiger partial charge in [0.05, 0.1) is 6.10 Å². The van der Waals surface area contributed by atoms with Gasteiger partial charge in [-0.15, -0.1) is 0 Å². The van der Waals surface area contributed by atoms with E-state index in [1.54, 1.807) is 0 Å². The Bertz CT molecular complexity index is 536. The molecule has 116 valence electrons. The van der Waals surface area contributed by atoms with Crippen LogP contribution in [0.25, 0.3) is 0 Å². The van der Waals surface area contributed by atoms with Crippen molar-refractivity contribution in [3.63, 3.8) is 0 Å². The van der Waals surface area contributed by atoms with Crippen molar-refractivity contribution in [2.24, 2.45) is 0 Å². The number of aliphatic hydroxyl groups excluding tert-OH is 1. The van der Waals surface area contributed by atoms with Crippen LogP contribution in [0.15, 0.2) is 60.7 Å². The minimum Gasteiger partial charge on any atom is -0.391 e. The zero-order valence-corrected chi connectivity index (χ0v) is 13.2. The van der Waals surface area contributed by atoms with Gasteiger partial charge in [-0.2, -0.15) is 0 Å². The van der Waals surface area contributed by atoms with E-state index >= 15 is 0 Å². The molecule has 1 fully saturated rings. The average molecular weight is 295 g/mol. The van der Waals surface area contributed by atoms with E-state index in [9.17, 15) is 5.11 Å². The Hall–Kier alpha value is -1.64. The maximum absolute atomic E-state index is 10.7. The monoisotopic (exact) mass is 295 g/mol. The van der Waals surface area contributed by atoms with Gasteiger partial charge in [0.2, 0.25) is 0 Å². The molecule has 2 N–H and O–H groups in total. The van der Waals surface area contributed by atoms with Crippen LogP contribution in [0.2, 0.25) is 0 Å². The number of hydrogen-bond acceptors (Lipinski definition) is 2. The molecule has 0 radical (unpaired) electrons. The first-order chi connectivity index (χ1) is 10.7. The van der Waals surface area contributed by atoms with Crippen molar-refractivity contribution in [3.05, 3.63) is 71.8 Å². The maximum Gasteiger partial charge on any atom is 0.0704 e. The first kappa shape index (κ1) is 15.3. The molecular formula is C20H25NO. The fraction of sp³-hybridized carbons (Fsp3) is 0.400. The van der Waals surface area contributed by atoms with Crippen molar-refractivity contribution in [2.75, 3.05) is 6.54 Å². The van der Waals surface area contributed by atoms with Crippen LogP contribution in [-0.2, 0) is 5.41 Å². The van der Waals surface area contributed by atoms with Gasteiger partial charge in [0.15, 0.2) is 0 Å². The second-order valence-electron chi connectivity index (χ2n) is 6.54. The van der Waals surface area contributed by atoms with Crippen LogP contribution in [0.4, 0.5) is 0 Å². The highest BCUT2D eigenvalue weighted by Gasteiger charge is 2.34. The summed E-state index contributed by atoms with van der Waals surface area (Å²) in [6.45, 7) is 3.27. The lowest BCUT2D eigenvalue weighted by Crippen LogP contribution is -2.40. The number of hydrogen-bond donors (Lipinski definition) is 2. The fourth-order valence-electron chi connectivity index (χ4n) is 3.61. The van der Waals surface area contributed by atoms with Gasteiger partial charge in [0.1, 0.15) is 0 Å². The first-order valence-electron chi connectivity index (χ1n) is 8.23. The number of benzene rings is 2. The lowest BCUT2D eigenvalue weighted by atomic mass is 9.71. The fourth-order valence-corrected chi connectivity index (χ4v) is 3.61. The highest BCUT2D eigenvalue weighted by Crippen LogP contribution is 2.37. The Morgan fingerprint density at radius 3 is 2.05 bits per heavy atom. The van der Waals surface area contributed by atoms with Gasteiger partial charge in [0, 0.05) is 11.5 Å². The lowest BCUT2D eigenvalue weighted by molar-refractivity contribution is 0.108. The van der Waals surface area contributed by atoms with Gasteiger partial charge < -0.3 is 10.4 Å². The predicted octanol–water partition coefficient (Wildman–Crippen LogP) is 3.50. The average Bonchev–Trinajstić information content (AvgIpc) is 3.11. The summed E-state index contributed by atoms with van der Waals surface area (Å²) in [5, 5.41) is 14.2. The van der Waals surface area contributed by atoms with Crippen LogP contribution < -0.4 is 5.32 Å². The quantitative estimate of drug-likeness (QED) is 0.885. The van der Waals surface area contributed by atoms with E-state index in [1.807, 2.05) is 12.1 Å². The third-order valence-corrected chi connectivity index (χ3v) is 5.00. The van der Waals surface area contributed by atoms with Crippen LogP contribution in [0.3, 0.4) is 0 Å². The summed E-state index contributed by atoms with van der Waals surface area (Å²) >= 11 is 0. The van der Waals surface area contributed by atoms with Gasteiger partial charge in [-0.05, 0) is 36.9 Å². The van der Waals surface area contributed by atoms with Gasteiger partial charge in [-0.3, -0.25) is 0 Å².